The van der Waals surface area contributed by atoms with Crippen molar-refractivity contribution in [3.05, 3.63) is 58.4 Å². The van der Waals surface area contributed by atoms with Gasteiger partial charge in [-0.3, -0.25) is 10.1 Å². The molecule has 3 N–H and O–H groups in total. The van der Waals surface area contributed by atoms with Crippen molar-refractivity contribution in [3.8, 4) is 0 Å². The molecule has 9 nitrogen and oxygen atoms in total. The molecule has 4 rings (SSSR count). The SMILES string of the molecule is O=C(Nc1ccc(C(F)(F)F)nc1)N[C@@H]1CCCC[C@H]1NC1CCCN(c2ccc([N+](=O)[O-])cc2)C1. The van der Waals surface area contributed by atoms with Crippen molar-refractivity contribution in [2.45, 2.75) is 62.8 Å². The van der Waals surface area contributed by atoms with E-state index < -0.39 is 22.8 Å². The second-order valence-corrected chi connectivity index (χ2v) is 9.25. The Kier molecular flexibility index (Phi) is 7.92. The summed E-state index contributed by atoms with van der Waals surface area (Å²) in [7, 11) is 0. The van der Waals surface area contributed by atoms with Gasteiger partial charge in [0.05, 0.1) is 16.8 Å². The van der Waals surface area contributed by atoms with E-state index in [9.17, 15) is 28.1 Å². The van der Waals surface area contributed by atoms with Crippen LogP contribution in [0.4, 0.5) is 35.0 Å². The maximum atomic E-state index is 12.7. The van der Waals surface area contributed by atoms with Crippen LogP contribution in [0.25, 0.3) is 0 Å². The van der Waals surface area contributed by atoms with Crippen LogP contribution in [0.15, 0.2) is 42.6 Å². The first-order valence-electron chi connectivity index (χ1n) is 12.1. The van der Waals surface area contributed by atoms with E-state index >= 15 is 0 Å². The lowest BCUT2D eigenvalue weighted by Crippen LogP contribution is -2.57. The van der Waals surface area contributed by atoms with Crippen molar-refractivity contribution in [2.24, 2.45) is 0 Å². The van der Waals surface area contributed by atoms with Gasteiger partial charge in [0.25, 0.3) is 5.69 Å². The molecule has 1 unspecified atom stereocenters. The highest BCUT2D eigenvalue weighted by atomic mass is 19.4. The monoisotopic (exact) mass is 506 g/mol. The number of benzene rings is 1. The number of aromatic nitrogens is 1. The summed E-state index contributed by atoms with van der Waals surface area (Å²) in [5.74, 6) is 0. The fraction of sp³-hybridized carbons (Fsp3) is 0.500. The Hall–Kier alpha value is -3.41. The van der Waals surface area contributed by atoms with Gasteiger partial charge in [-0.2, -0.15) is 13.2 Å². The fourth-order valence-electron chi connectivity index (χ4n) is 4.91. The zero-order valence-corrected chi connectivity index (χ0v) is 19.6. The van der Waals surface area contributed by atoms with E-state index in [2.05, 4.69) is 25.8 Å². The number of amides is 2. The number of nitro groups is 1. The minimum Gasteiger partial charge on any atom is -0.370 e. The molecular weight excluding hydrogens is 477 g/mol. The van der Waals surface area contributed by atoms with Gasteiger partial charge < -0.3 is 20.9 Å². The molecule has 1 aromatic heterocycles. The van der Waals surface area contributed by atoms with Crippen molar-refractivity contribution < 1.29 is 22.9 Å². The number of non-ortho nitro benzene ring substituents is 1. The van der Waals surface area contributed by atoms with E-state index in [1.165, 1.54) is 18.2 Å². The predicted molar refractivity (Wildman–Crippen MR) is 129 cm³/mol. The molecule has 36 heavy (non-hydrogen) atoms. The third-order valence-corrected chi connectivity index (χ3v) is 6.69. The second kappa shape index (κ2) is 11.1. The molecule has 2 aliphatic rings. The van der Waals surface area contributed by atoms with Crippen molar-refractivity contribution in [2.75, 3.05) is 23.3 Å². The molecule has 1 aliphatic heterocycles. The van der Waals surface area contributed by atoms with Crippen LogP contribution in [0.3, 0.4) is 0 Å². The maximum absolute atomic E-state index is 12.7. The molecule has 0 spiro atoms. The number of hydrogen-bond donors (Lipinski definition) is 3. The van der Waals surface area contributed by atoms with Crippen molar-refractivity contribution >= 4 is 23.1 Å². The third kappa shape index (κ3) is 6.62. The van der Waals surface area contributed by atoms with Crippen molar-refractivity contribution in [3.63, 3.8) is 0 Å². The number of carbonyl (C=O) groups is 1. The fourth-order valence-corrected chi connectivity index (χ4v) is 4.91. The number of rotatable bonds is 6. The Morgan fingerprint density at radius 2 is 1.75 bits per heavy atom. The van der Waals surface area contributed by atoms with E-state index in [4.69, 9.17) is 0 Å². The Morgan fingerprint density at radius 3 is 2.39 bits per heavy atom. The molecule has 2 fully saturated rings. The lowest BCUT2D eigenvalue weighted by molar-refractivity contribution is -0.384. The number of alkyl halides is 3. The highest BCUT2D eigenvalue weighted by Gasteiger charge is 2.33. The van der Waals surface area contributed by atoms with Gasteiger partial charge in [0.15, 0.2) is 0 Å². The van der Waals surface area contributed by atoms with E-state index in [-0.39, 0.29) is 29.5 Å². The normalized spacial score (nSPS) is 22.6. The largest absolute Gasteiger partial charge is 0.433 e. The lowest BCUT2D eigenvalue weighted by Gasteiger charge is -2.40. The molecule has 2 amide bonds. The number of nitrogens with zero attached hydrogens (tertiary/aromatic N) is 3. The maximum Gasteiger partial charge on any atom is 0.433 e. The van der Waals surface area contributed by atoms with E-state index in [1.54, 1.807) is 12.1 Å². The Balaban J connectivity index is 1.32. The summed E-state index contributed by atoms with van der Waals surface area (Å²) in [6.07, 6.45) is 2.14. The Morgan fingerprint density at radius 1 is 1.03 bits per heavy atom. The van der Waals surface area contributed by atoms with Crippen LogP contribution in [0.2, 0.25) is 0 Å². The number of nitrogens with one attached hydrogen (secondary N) is 3. The first kappa shape index (κ1) is 25.7. The van der Waals surface area contributed by atoms with Gasteiger partial charge in [0.2, 0.25) is 0 Å². The minimum absolute atomic E-state index is 0.0620. The molecule has 0 bridgehead atoms. The van der Waals surface area contributed by atoms with Crippen LogP contribution >= 0.6 is 0 Å². The summed E-state index contributed by atoms with van der Waals surface area (Å²) in [5, 5.41) is 20.2. The number of nitro benzene ring substituents is 1. The molecule has 12 heteroatoms. The molecule has 1 aromatic carbocycles. The number of hydrogen-bond acceptors (Lipinski definition) is 6. The van der Waals surface area contributed by atoms with Crippen LogP contribution in [0.1, 0.15) is 44.2 Å². The van der Waals surface area contributed by atoms with Crippen LogP contribution < -0.4 is 20.9 Å². The van der Waals surface area contributed by atoms with Crippen LogP contribution in [-0.2, 0) is 6.18 Å². The number of anilines is 2. The molecule has 2 aromatic rings. The van der Waals surface area contributed by atoms with Crippen LogP contribution in [0, 0.1) is 10.1 Å². The molecule has 0 radical (unpaired) electrons. The highest BCUT2D eigenvalue weighted by molar-refractivity contribution is 5.89. The van der Waals surface area contributed by atoms with Gasteiger partial charge in [0.1, 0.15) is 5.69 Å². The molecule has 194 valence electrons. The quantitative estimate of drug-likeness (QED) is 0.387. The highest BCUT2D eigenvalue weighted by Crippen LogP contribution is 2.28. The number of urea groups is 1. The van der Waals surface area contributed by atoms with Gasteiger partial charge in [-0.1, -0.05) is 12.8 Å². The first-order chi connectivity index (χ1) is 17.2. The zero-order valence-electron chi connectivity index (χ0n) is 19.6. The Labute approximate surface area is 206 Å². The Bertz CT molecular complexity index is 1050. The molecule has 1 aliphatic carbocycles. The summed E-state index contributed by atoms with van der Waals surface area (Å²) < 4.78 is 38.1. The van der Waals surface area contributed by atoms with E-state index in [0.717, 1.165) is 69.6 Å². The molecule has 3 atom stereocenters. The standard InChI is InChI=1S/C24H29F3N6O3/c25-24(26,27)22-12-7-16(14-28-22)30-23(34)31-21-6-2-1-5-20(21)29-17-4-3-13-32(15-17)18-8-10-19(11-9-18)33(35)36/h7-12,14,17,20-21,29H,1-6,13,15H2,(H2,30,31,34)/t17?,20-,21-/m1/s1. The number of piperidine rings is 1. The van der Waals surface area contributed by atoms with E-state index in [1.807, 2.05) is 0 Å². The van der Waals surface area contributed by atoms with Gasteiger partial charge in [-0.05, 0) is 49.9 Å². The van der Waals surface area contributed by atoms with Gasteiger partial charge >= 0.3 is 12.2 Å². The molecule has 1 saturated carbocycles. The third-order valence-electron chi connectivity index (χ3n) is 6.69. The average molecular weight is 507 g/mol. The van der Waals surface area contributed by atoms with Gasteiger partial charge in [-0.25, -0.2) is 9.78 Å². The molecular formula is C24H29F3N6O3. The molecule has 2 heterocycles. The zero-order chi connectivity index (χ0) is 25.7. The summed E-state index contributed by atoms with van der Waals surface area (Å²) in [5.41, 5.74) is 0.175. The first-order valence-corrected chi connectivity index (χ1v) is 12.1. The summed E-state index contributed by atoms with van der Waals surface area (Å²) in [6.45, 7) is 1.62. The van der Waals surface area contributed by atoms with Crippen LogP contribution in [0.5, 0.6) is 0 Å². The van der Waals surface area contributed by atoms with Crippen molar-refractivity contribution in [1.82, 2.24) is 15.6 Å². The molecule has 1 saturated heterocycles. The smallest absolute Gasteiger partial charge is 0.370 e. The van der Waals surface area contributed by atoms with Gasteiger partial charge in [0, 0.05) is 49.0 Å². The summed E-state index contributed by atoms with van der Waals surface area (Å²) >= 11 is 0. The summed E-state index contributed by atoms with van der Waals surface area (Å²) in [4.78, 5) is 28.6. The topological polar surface area (TPSA) is 112 Å². The van der Waals surface area contributed by atoms with E-state index in [0.29, 0.717) is 0 Å². The van der Waals surface area contributed by atoms with Crippen LogP contribution in [-0.4, -0.2) is 47.2 Å². The van der Waals surface area contributed by atoms with Crippen molar-refractivity contribution in [1.29, 1.82) is 0 Å². The lowest BCUT2D eigenvalue weighted by atomic mass is 9.89. The second-order valence-electron chi connectivity index (χ2n) is 9.25. The summed E-state index contributed by atoms with van der Waals surface area (Å²) in [6, 6.07) is 8.25. The average Bonchev–Trinajstić information content (AvgIpc) is 2.85. The number of halogens is 3. The predicted octanol–water partition coefficient (Wildman–Crippen LogP) is 4.70. The minimum atomic E-state index is -4.53. The number of carbonyl (C=O) groups excluding carboxylic acids is 1. The number of pyridine rings is 1. The van der Waals surface area contributed by atoms with Gasteiger partial charge in [-0.15, -0.1) is 0 Å².